The number of nitrogens with zero attached hydrogens (tertiary/aromatic N) is 1. The summed E-state index contributed by atoms with van der Waals surface area (Å²) >= 11 is 3.44. The van der Waals surface area contributed by atoms with Gasteiger partial charge in [-0.25, -0.2) is 0 Å². The molecule has 1 aliphatic rings. The first-order valence-corrected chi connectivity index (χ1v) is 9.57. The van der Waals surface area contributed by atoms with Gasteiger partial charge in [0.2, 0.25) is 5.91 Å². The Morgan fingerprint density at radius 3 is 2.20 bits per heavy atom. The van der Waals surface area contributed by atoms with E-state index in [1.807, 2.05) is 59.5 Å². The quantitative estimate of drug-likeness (QED) is 0.576. The van der Waals surface area contributed by atoms with Crippen molar-refractivity contribution in [1.82, 2.24) is 4.90 Å². The summed E-state index contributed by atoms with van der Waals surface area (Å²) in [5.74, 6) is 0.756. The lowest BCUT2D eigenvalue weighted by Gasteiger charge is -2.36. The first-order chi connectivity index (χ1) is 12.1. The molecule has 2 unspecified atom stereocenters. The zero-order chi connectivity index (χ0) is 18.1. The number of rotatable bonds is 4. The normalized spacial score (nSPS) is 18.1. The van der Waals surface area contributed by atoms with Crippen LogP contribution in [0.25, 0.3) is 0 Å². The molecule has 3 heteroatoms. The van der Waals surface area contributed by atoms with E-state index in [-0.39, 0.29) is 11.9 Å². The average Bonchev–Trinajstić information content (AvgIpc) is 2.64. The number of hydrogen-bond acceptors (Lipinski definition) is 1. The first kappa shape index (κ1) is 19.5. The number of carbonyl (C=O) groups excluding carboxylic acids is 1. The fourth-order valence-corrected chi connectivity index (χ4v) is 3.33. The number of hydrogen-bond donors (Lipinski definition) is 0. The van der Waals surface area contributed by atoms with Crippen LogP contribution in [-0.4, -0.2) is 17.4 Å². The van der Waals surface area contributed by atoms with E-state index in [0.29, 0.717) is 12.3 Å². The Kier molecular flexibility index (Phi) is 7.93. The van der Waals surface area contributed by atoms with Gasteiger partial charge in [0.1, 0.15) is 0 Å². The van der Waals surface area contributed by atoms with Gasteiger partial charge in [0.15, 0.2) is 0 Å². The van der Waals surface area contributed by atoms with Gasteiger partial charge in [-0.15, -0.1) is 6.58 Å². The van der Waals surface area contributed by atoms with Gasteiger partial charge in [-0.3, -0.25) is 4.79 Å². The molecule has 3 rings (SSSR count). The monoisotopic (exact) mass is 399 g/mol. The summed E-state index contributed by atoms with van der Waals surface area (Å²) in [6.07, 6.45) is 4.61. The highest BCUT2D eigenvalue weighted by Gasteiger charge is 2.28. The molecule has 1 fully saturated rings. The van der Waals surface area contributed by atoms with Crippen LogP contribution in [0.5, 0.6) is 0 Å². The fourth-order valence-electron chi connectivity index (χ4n) is 3.07. The molecular formula is C22H26BrNO. The minimum absolute atomic E-state index is 0.158. The second kappa shape index (κ2) is 10.2. The summed E-state index contributed by atoms with van der Waals surface area (Å²) in [4.78, 5) is 14.2. The Morgan fingerprint density at radius 2 is 1.72 bits per heavy atom. The topological polar surface area (TPSA) is 20.3 Å². The smallest absolute Gasteiger partial charge is 0.223 e. The zero-order valence-corrected chi connectivity index (χ0v) is 16.4. The van der Waals surface area contributed by atoms with Crippen molar-refractivity contribution in [2.24, 2.45) is 5.92 Å². The van der Waals surface area contributed by atoms with Gasteiger partial charge < -0.3 is 4.90 Å². The van der Waals surface area contributed by atoms with Crippen LogP contribution in [-0.2, 0) is 4.79 Å². The zero-order valence-electron chi connectivity index (χ0n) is 14.8. The van der Waals surface area contributed by atoms with Crippen LogP contribution in [0.1, 0.15) is 37.8 Å². The van der Waals surface area contributed by atoms with Crippen molar-refractivity contribution in [2.45, 2.75) is 32.2 Å². The van der Waals surface area contributed by atoms with Crippen molar-refractivity contribution in [2.75, 3.05) is 6.54 Å². The highest BCUT2D eigenvalue weighted by Crippen LogP contribution is 2.29. The first-order valence-electron chi connectivity index (χ1n) is 8.77. The lowest BCUT2D eigenvalue weighted by atomic mass is 9.91. The number of allylic oxidation sites excluding steroid dienone is 1. The molecule has 1 saturated heterocycles. The van der Waals surface area contributed by atoms with E-state index < -0.39 is 0 Å². The highest BCUT2D eigenvalue weighted by atomic mass is 79.9. The third kappa shape index (κ3) is 6.17. The van der Waals surface area contributed by atoms with Crippen LogP contribution < -0.4 is 0 Å². The van der Waals surface area contributed by atoms with Gasteiger partial charge in [-0.2, -0.15) is 0 Å². The molecule has 0 spiro atoms. The molecule has 0 radical (unpaired) electrons. The lowest BCUT2D eigenvalue weighted by molar-refractivity contribution is -0.137. The molecule has 2 nitrogen and oxygen atoms in total. The Bertz CT molecular complexity index is 627. The summed E-state index contributed by atoms with van der Waals surface area (Å²) in [5, 5.41) is 0. The maximum atomic E-state index is 12.2. The molecule has 2 aromatic carbocycles. The second-order valence-corrected chi connectivity index (χ2v) is 7.27. The van der Waals surface area contributed by atoms with E-state index in [1.165, 1.54) is 5.56 Å². The highest BCUT2D eigenvalue weighted by molar-refractivity contribution is 9.10. The summed E-state index contributed by atoms with van der Waals surface area (Å²) < 4.78 is 1.07. The molecule has 2 aromatic rings. The van der Waals surface area contributed by atoms with Crippen LogP contribution in [0.3, 0.4) is 0 Å². The van der Waals surface area contributed by atoms with E-state index in [9.17, 15) is 4.79 Å². The average molecular weight is 400 g/mol. The molecule has 25 heavy (non-hydrogen) atoms. The Hall–Kier alpha value is -1.87. The minimum Gasteiger partial charge on any atom is -0.336 e. The van der Waals surface area contributed by atoms with Crippen LogP contribution in [0.4, 0.5) is 0 Å². The van der Waals surface area contributed by atoms with Gasteiger partial charge in [0, 0.05) is 17.4 Å². The van der Waals surface area contributed by atoms with Gasteiger partial charge in [0.05, 0.1) is 6.04 Å². The molecule has 0 saturated carbocycles. The van der Waals surface area contributed by atoms with Gasteiger partial charge in [-0.05, 0) is 43.4 Å². The lowest BCUT2D eigenvalue weighted by Crippen LogP contribution is -2.40. The maximum Gasteiger partial charge on any atom is 0.223 e. The van der Waals surface area contributed by atoms with Gasteiger partial charge in [-0.1, -0.05) is 70.5 Å². The SMILES string of the molecule is C=CCC1CCN(C(C)c2ccc(Br)cc2)C(=O)C1.c1ccccc1. The van der Waals surface area contributed by atoms with E-state index in [2.05, 4.69) is 41.6 Å². The predicted octanol–water partition coefficient (Wildman–Crippen LogP) is 6.01. The van der Waals surface area contributed by atoms with Crippen molar-refractivity contribution in [3.8, 4) is 0 Å². The number of likely N-dealkylation sites (tertiary alicyclic amines) is 1. The van der Waals surface area contributed by atoms with E-state index in [0.717, 1.165) is 23.9 Å². The number of carbonyl (C=O) groups is 1. The number of piperidine rings is 1. The van der Waals surface area contributed by atoms with Gasteiger partial charge >= 0.3 is 0 Å². The standard InChI is InChI=1S/C16H20BrNO.C6H6/c1-3-4-13-9-10-18(16(19)11-13)12(2)14-5-7-15(17)8-6-14;1-2-4-6-5-3-1/h3,5-8,12-13H,1,4,9-11H2,2H3;1-6H. The van der Waals surface area contributed by atoms with Crippen molar-refractivity contribution in [3.63, 3.8) is 0 Å². The van der Waals surface area contributed by atoms with Gasteiger partial charge in [0.25, 0.3) is 0 Å². The van der Waals surface area contributed by atoms with Crippen molar-refractivity contribution in [3.05, 3.63) is 83.4 Å². The van der Waals surface area contributed by atoms with Crippen LogP contribution in [0, 0.1) is 5.92 Å². The van der Waals surface area contributed by atoms with Crippen LogP contribution >= 0.6 is 15.9 Å². The van der Waals surface area contributed by atoms with Crippen molar-refractivity contribution >= 4 is 21.8 Å². The Balaban J connectivity index is 0.000000316. The fraction of sp³-hybridized carbons (Fsp3) is 0.318. The molecule has 132 valence electrons. The molecule has 0 aromatic heterocycles. The van der Waals surface area contributed by atoms with Crippen molar-refractivity contribution < 1.29 is 4.79 Å². The molecule has 0 aliphatic carbocycles. The summed E-state index contributed by atoms with van der Waals surface area (Å²) in [7, 11) is 0. The van der Waals surface area contributed by atoms with Crippen LogP contribution in [0.2, 0.25) is 0 Å². The number of halogens is 1. The Morgan fingerprint density at radius 1 is 1.16 bits per heavy atom. The second-order valence-electron chi connectivity index (χ2n) is 6.35. The largest absolute Gasteiger partial charge is 0.336 e. The van der Waals surface area contributed by atoms with Crippen molar-refractivity contribution in [1.29, 1.82) is 0 Å². The predicted molar refractivity (Wildman–Crippen MR) is 108 cm³/mol. The maximum absolute atomic E-state index is 12.2. The molecule has 0 N–H and O–H groups in total. The number of benzene rings is 2. The van der Waals surface area contributed by atoms with Crippen LogP contribution in [0.15, 0.2) is 77.8 Å². The third-order valence-corrected chi connectivity index (χ3v) is 5.08. The molecular weight excluding hydrogens is 374 g/mol. The Labute approximate surface area is 159 Å². The molecule has 1 aliphatic heterocycles. The molecule has 1 amide bonds. The molecule has 0 bridgehead atoms. The summed E-state index contributed by atoms with van der Waals surface area (Å²) in [6, 6.07) is 20.4. The molecule has 2 atom stereocenters. The van der Waals surface area contributed by atoms with E-state index in [1.54, 1.807) is 0 Å². The summed E-state index contributed by atoms with van der Waals surface area (Å²) in [5.41, 5.74) is 1.19. The molecule has 1 heterocycles. The third-order valence-electron chi connectivity index (χ3n) is 4.55. The minimum atomic E-state index is 0.158. The van der Waals surface area contributed by atoms with E-state index in [4.69, 9.17) is 0 Å². The van der Waals surface area contributed by atoms with E-state index >= 15 is 0 Å². The summed E-state index contributed by atoms with van der Waals surface area (Å²) in [6.45, 7) is 6.72. The number of amides is 1.